The lowest BCUT2D eigenvalue weighted by Crippen LogP contribution is -3.00. The number of carbonyl (C=O) groups excluding carboxylic acids is 2. The van der Waals surface area contributed by atoms with Crippen molar-refractivity contribution in [1.82, 2.24) is 0 Å². The molecule has 8 N–H and O–H groups in total. The highest BCUT2D eigenvalue weighted by atomic mass is 35.5. The summed E-state index contributed by atoms with van der Waals surface area (Å²) in [6.07, 6.45) is -2.01. The highest BCUT2D eigenvalue weighted by Crippen LogP contribution is 2.20. The highest BCUT2D eigenvalue weighted by Gasteiger charge is 2.38. The molecular weight excluding hydrogens is 494 g/mol. The van der Waals surface area contributed by atoms with Crippen molar-refractivity contribution in [1.29, 1.82) is 0 Å². The van der Waals surface area contributed by atoms with Crippen LogP contribution in [0.5, 0.6) is 0 Å². The van der Waals surface area contributed by atoms with Crippen LogP contribution < -0.4 is 23.2 Å². The molecule has 0 spiro atoms. The summed E-state index contributed by atoms with van der Waals surface area (Å²) in [7, 11) is 11.6. The van der Waals surface area contributed by atoms with Gasteiger partial charge in [-0.15, -0.1) is 0 Å². The van der Waals surface area contributed by atoms with Gasteiger partial charge in [0, 0.05) is 6.42 Å². The molecule has 15 heteroatoms. The first-order chi connectivity index (χ1) is 15.3. The van der Waals surface area contributed by atoms with Gasteiger partial charge in [0.2, 0.25) is 5.76 Å². The third-order valence-corrected chi connectivity index (χ3v) is 3.45. The molecule has 210 valence electrons. The number of hydrogen-bond donors (Lipinski definition) is 7. The van der Waals surface area contributed by atoms with Crippen molar-refractivity contribution in [3.63, 3.8) is 0 Å². The molecule has 0 aromatic carbocycles. The van der Waals surface area contributed by atoms with Crippen molar-refractivity contribution < 1.29 is 76.2 Å². The lowest BCUT2D eigenvalue weighted by molar-refractivity contribution is -0.870. The predicted molar refractivity (Wildman–Crippen MR) is 119 cm³/mol. The van der Waals surface area contributed by atoms with Crippen LogP contribution in [0.2, 0.25) is 0 Å². The molecule has 0 saturated heterocycles. The van der Waals surface area contributed by atoms with Gasteiger partial charge in [-0.05, 0) is 13.0 Å². The van der Waals surface area contributed by atoms with Crippen LogP contribution >= 0.6 is 0 Å². The molecule has 0 aromatic heterocycles. The van der Waals surface area contributed by atoms with Crippen molar-refractivity contribution in [3.8, 4) is 0 Å². The molecule has 0 bridgehead atoms. The molecule has 0 aromatic rings. The minimum atomic E-state index is -1.42. The molecule has 0 unspecified atom stereocenters. The van der Waals surface area contributed by atoms with E-state index in [0.29, 0.717) is 17.4 Å². The average Bonchev–Trinajstić information content (AvgIpc) is 2.91. The van der Waals surface area contributed by atoms with E-state index in [-0.39, 0.29) is 32.0 Å². The molecule has 0 saturated carbocycles. The number of quaternary nitrogens is 2. The topological polar surface area (TPSA) is 231 Å². The number of hydrogen-bond acceptors (Lipinski definition) is 11. The summed E-state index contributed by atoms with van der Waals surface area (Å²) in [5, 5.41) is 61.3. The van der Waals surface area contributed by atoms with Crippen molar-refractivity contribution in [3.05, 3.63) is 11.5 Å². The zero-order chi connectivity index (χ0) is 27.7. The molecular formula is C20H42ClN3O11. The lowest BCUT2D eigenvalue weighted by Gasteiger charge is -2.23. The monoisotopic (exact) mass is 535 g/mol. The van der Waals surface area contributed by atoms with Crippen LogP contribution in [0.1, 0.15) is 12.8 Å². The summed E-state index contributed by atoms with van der Waals surface area (Å²) >= 11 is 0. The number of aliphatic hydroxyl groups excluding tert-OH is 5. The van der Waals surface area contributed by atoms with E-state index in [9.17, 15) is 19.5 Å². The number of carbonyl (C=O) groups is 3. The van der Waals surface area contributed by atoms with Gasteiger partial charge in [0.15, 0.2) is 11.9 Å². The Morgan fingerprint density at radius 3 is 1.71 bits per heavy atom. The summed E-state index contributed by atoms with van der Waals surface area (Å²) in [4.78, 5) is 30.1. The van der Waals surface area contributed by atoms with Crippen molar-refractivity contribution >= 4 is 17.9 Å². The number of rotatable bonds is 9. The van der Waals surface area contributed by atoms with Crippen LogP contribution in [0.4, 0.5) is 0 Å². The minimum Gasteiger partial charge on any atom is -1.00 e. The maximum Gasteiger partial charge on any atom is 0.377 e. The Morgan fingerprint density at radius 1 is 1.09 bits per heavy atom. The van der Waals surface area contributed by atoms with Gasteiger partial charge in [0.1, 0.15) is 19.2 Å². The molecule has 1 aliphatic heterocycles. The van der Waals surface area contributed by atoms with E-state index in [0.717, 1.165) is 11.0 Å². The molecule has 1 aliphatic rings. The van der Waals surface area contributed by atoms with Gasteiger partial charge >= 0.3 is 11.9 Å². The summed E-state index contributed by atoms with van der Waals surface area (Å²) in [5.41, 5.74) is 5.01. The van der Waals surface area contributed by atoms with E-state index in [2.05, 4.69) is 25.9 Å². The number of aliphatic hydroxyl groups is 5. The number of ether oxygens (including phenoxy) is 1. The van der Waals surface area contributed by atoms with Crippen molar-refractivity contribution in [2.45, 2.75) is 25.0 Å². The number of likely N-dealkylation sites (N-methyl/N-ethyl adjacent to an activating group) is 2. The van der Waals surface area contributed by atoms with Gasteiger partial charge in [-0.3, -0.25) is 4.79 Å². The van der Waals surface area contributed by atoms with Crippen molar-refractivity contribution in [2.24, 2.45) is 5.73 Å². The van der Waals surface area contributed by atoms with E-state index < -0.39 is 48.2 Å². The fourth-order valence-electron chi connectivity index (χ4n) is 1.76. The Morgan fingerprint density at radius 2 is 1.57 bits per heavy atom. The smallest absolute Gasteiger partial charge is 0.377 e. The van der Waals surface area contributed by atoms with Crippen LogP contribution in [-0.4, -0.2) is 145 Å². The molecule has 1 heterocycles. The highest BCUT2D eigenvalue weighted by molar-refractivity contribution is 5.89. The Labute approximate surface area is 212 Å². The lowest BCUT2D eigenvalue weighted by atomic mass is 10.2. The first kappa shape index (κ1) is 40.0. The molecule has 2 atom stereocenters. The number of carboxylic acid groups (broad SMARTS) is 2. The van der Waals surface area contributed by atoms with Gasteiger partial charge in [-0.1, -0.05) is 0 Å². The molecule has 0 aliphatic carbocycles. The van der Waals surface area contributed by atoms with Gasteiger partial charge in [-0.2, -0.15) is 0 Å². The number of esters is 1. The Balaban J connectivity index is -0.000000187. The minimum absolute atomic E-state index is 0. The quantitative estimate of drug-likeness (QED) is 0.108. The third kappa shape index (κ3) is 26.2. The number of nitrogens with two attached hydrogens (primary N) is 1. The Bertz CT molecular complexity index is 647. The van der Waals surface area contributed by atoms with E-state index in [1.54, 1.807) is 21.1 Å². The van der Waals surface area contributed by atoms with Gasteiger partial charge in [0.25, 0.3) is 0 Å². The van der Waals surface area contributed by atoms with E-state index in [1.165, 1.54) is 0 Å². The zero-order valence-electron chi connectivity index (χ0n) is 21.2. The molecule has 35 heavy (non-hydrogen) atoms. The first-order valence-electron chi connectivity index (χ1n) is 10.3. The second-order valence-corrected chi connectivity index (χ2v) is 9.15. The second-order valence-electron chi connectivity index (χ2n) is 9.15. The maximum absolute atomic E-state index is 10.5. The van der Waals surface area contributed by atoms with E-state index in [1.807, 2.05) is 0 Å². The Hall–Kier alpha value is -2.20. The summed E-state index contributed by atoms with van der Waals surface area (Å²) in [5.74, 6) is -4.55. The van der Waals surface area contributed by atoms with Crippen LogP contribution in [0, 0.1) is 0 Å². The Kier molecular flexibility index (Phi) is 22.9. The third-order valence-electron chi connectivity index (χ3n) is 3.45. The van der Waals surface area contributed by atoms with E-state index in [4.69, 9.17) is 36.4 Å². The normalized spacial score (nSPS) is 15.6. The van der Waals surface area contributed by atoms with Gasteiger partial charge < -0.3 is 72.4 Å². The molecule has 0 fully saturated rings. The summed E-state index contributed by atoms with van der Waals surface area (Å²) in [6, 6.07) is 0. The number of carboxylic acids is 2. The second kappa shape index (κ2) is 20.0. The molecule has 0 amide bonds. The average molecular weight is 536 g/mol. The standard InChI is InChI=1S/C6H8O6.C5H11NO2.C5H14NO.C4H9NO2.ClH/c7-1-2(8)5-3(9)4(10)6(11)12-5;1-6(2,3)4-5(7)8;1-6(2,3)4-5-7;5-3-1-2-4(6)7;/h2,5,7-10H,1H2;4H2,1-3H3;7H,4-5H2,1-3H3;1-3,5H2,(H,6,7);1H/q;;+1;;/p-1/t2-,5+;;;;/m0..../s1. The van der Waals surface area contributed by atoms with Crippen LogP contribution in [-0.2, 0) is 19.1 Å². The fraction of sp³-hybridized carbons (Fsp3) is 0.750. The molecule has 1 rings (SSSR count). The number of aliphatic carboxylic acids is 2. The van der Waals surface area contributed by atoms with Gasteiger partial charge in [0.05, 0.1) is 61.5 Å². The summed E-state index contributed by atoms with van der Waals surface area (Å²) < 4.78 is 5.58. The number of cyclic esters (lactones) is 1. The van der Waals surface area contributed by atoms with E-state index >= 15 is 0 Å². The number of nitrogens with zero attached hydrogens (tertiary/aromatic N) is 2. The van der Waals surface area contributed by atoms with Crippen LogP contribution in [0.3, 0.4) is 0 Å². The predicted octanol–water partition coefficient (Wildman–Crippen LogP) is -6.47. The van der Waals surface area contributed by atoms with Crippen molar-refractivity contribution in [2.75, 3.05) is 75.1 Å². The summed E-state index contributed by atoms with van der Waals surface area (Å²) in [6.45, 7) is 0.977. The van der Waals surface area contributed by atoms with Crippen LogP contribution in [0.15, 0.2) is 11.5 Å². The number of halogens is 1. The van der Waals surface area contributed by atoms with Gasteiger partial charge in [-0.25, -0.2) is 4.79 Å². The maximum atomic E-state index is 10.5. The molecule has 0 radical (unpaired) electrons. The van der Waals surface area contributed by atoms with Crippen LogP contribution in [0.25, 0.3) is 0 Å². The zero-order valence-corrected chi connectivity index (χ0v) is 21.9. The first-order valence-corrected chi connectivity index (χ1v) is 10.3. The molecule has 14 nitrogen and oxygen atoms in total. The SMILES string of the molecule is C[N+](C)(C)CC(=O)[O-].C[N+](C)(C)CCO.NCCCC(=O)O.O=C1O[C@H]([C@@H](O)CO)C(O)=C1O.[Cl-]. The largest absolute Gasteiger partial charge is 1.00 e. The fourth-order valence-corrected chi connectivity index (χ4v) is 1.76.